The average molecular weight is 229 g/mol. The maximum Gasteiger partial charge on any atom is 0.271 e. The molecule has 1 heterocycles. The predicted molar refractivity (Wildman–Crippen MR) is 76.3 cm³/mol. The maximum absolute atomic E-state index is 8.84. The molecule has 0 spiro atoms. The molecule has 0 saturated carbocycles. The normalized spacial score (nSPS) is 17.4. The van der Waals surface area contributed by atoms with E-state index in [1.807, 2.05) is 0 Å². The first-order valence-electron chi connectivity index (χ1n) is 6.47. The van der Waals surface area contributed by atoms with E-state index in [-0.39, 0.29) is 17.7 Å². The highest BCUT2D eigenvalue weighted by atomic mass is 14.7. The summed E-state index contributed by atoms with van der Waals surface area (Å²) in [6, 6.07) is 0. The Morgan fingerprint density at radius 2 is 2.12 bits per heavy atom. The maximum atomic E-state index is 8.84. The van der Waals surface area contributed by atoms with Gasteiger partial charge in [-0.3, -0.25) is 0 Å². The van der Waals surface area contributed by atoms with E-state index in [1.165, 1.54) is 5.47 Å². The lowest BCUT2D eigenvalue weighted by Gasteiger charge is -2.39. The van der Waals surface area contributed by atoms with E-state index >= 15 is 0 Å². The van der Waals surface area contributed by atoms with Gasteiger partial charge in [0.15, 0.2) is 0 Å². The lowest BCUT2D eigenvalue weighted by molar-refractivity contribution is 0.230. The van der Waals surface area contributed by atoms with Crippen molar-refractivity contribution in [2.45, 2.75) is 58.6 Å². The summed E-state index contributed by atoms with van der Waals surface area (Å²) in [4.78, 5) is 0. The summed E-state index contributed by atoms with van der Waals surface area (Å²) in [5.41, 5.74) is 7.51. The third-order valence-corrected chi connectivity index (χ3v) is 4.25. The second kappa shape index (κ2) is 5.31. The molecule has 1 rings (SSSR count). The van der Waals surface area contributed by atoms with Crippen LogP contribution in [0.25, 0.3) is 0 Å². The van der Waals surface area contributed by atoms with Crippen LogP contribution in [0.3, 0.4) is 0 Å². The van der Waals surface area contributed by atoms with Crippen LogP contribution in [-0.4, -0.2) is 19.5 Å². The van der Waals surface area contributed by atoms with Crippen molar-refractivity contribution in [2.24, 2.45) is 11.1 Å². The molecule has 0 aromatic heterocycles. The molecule has 0 aromatic rings. The fourth-order valence-electron chi connectivity index (χ4n) is 1.81. The summed E-state index contributed by atoms with van der Waals surface area (Å²) in [6.45, 7) is 8.82. The molecular weight excluding hydrogens is 206 g/mol. The molecule has 0 atom stereocenters. The minimum absolute atomic E-state index is 0.0971. The van der Waals surface area contributed by atoms with Gasteiger partial charge in [0.1, 0.15) is 7.28 Å². The summed E-state index contributed by atoms with van der Waals surface area (Å²) in [5, 5.41) is 8.84. The molecule has 1 aliphatic heterocycles. The lowest BCUT2D eigenvalue weighted by atomic mass is 9.40. The Kier molecular flexibility index (Phi) is 4.49. The van der Waals surface area contributed by atoms with E-state index in [2.05, 4.69) is 47.0 Å². The highest BCUT2D eigenvalue weighted by molar-refractivity contribution is 6.68. The molecular formula is C13H23B2N2. The van der Waals surface area contributed by atoms with Crippen LogP contribution < -0.4 is 5.73 Å². The fraction of sp³-hybridized carbons (Fsp3) is 0.769. The van der Waals surface area contributed by atoms with Gasteiger partial charge in [-0.1, -0.05) is 26.5 Å². The zero-order valence-electron chi connectivity index (χ0n) is 11.6. The zero-order valence-corrected chi connectivity index (χ0v) is 11.6. The fourth-order valence-corrected chi connectivity index (χ4v) is 1.81. The van der Waals surface area contributed by atoms with Crippen molar-refractivity contribution in [3.63, 3.8) is 0 Å². The van der Waals surface area contributed by atoms with Crippen molar-refractivity contribution < 1.29 is 0 Å². The van der Waals surface area contributed by atoms with Crippen LogP contribution in [0, 0.1) is 16.6 Å². The van der Waals surface area contributed by atoms with Crippen LogP contribution in [0.1, 0.15) is 34.1 Å². The van der Waals surface area contributed by atoms with Crippen LogP contribution in [-0.2, 0) is 0 Å². The van der Waals surface area contributed by atoms with Crippen LogP contribution in [0.15, 0.2) is 11.5 Å². The third-order valence-electron chi connectivity index (χ3n) is 4.25. The largest absolute Gasteiger partial charge is 0.325 e. The van der Waals surface area contributed by atoms with Gasteiger partial charge in [-0.05, 0) is 32.0 Å². The summed E-state index contributed by atoms with van der Waals surface area (Å²) >= 11 is 0. The molecule has 1 radical (unpaired) electrons. The Morgan fingerprint density at radius 1 is 1.47 bits per heavy atom. The van der Waals surface area contributed by atoms with Gasteiger partial charge in [-0.2, -0.15) is 0 Å². The van der Waals surface area contributed by atoms with E-state index in [0.717, 1.165) is 25.4 Å². The van der Waals surface area contributed by atoms with E-state index in [4.69, 9.17) is 11.0 Å². The van der Waals surface area contributed by atoms with E-state index in [0.29, 0.717) is 0 Å². The summed E-state index contributed by atoms with van der Waals surface area (Å²) in [6.07, 6.45) is 6.18. The van der Waals surface area contributed by atoms with Crippen molar-refractivity contribution in [1.29, 1.82) is 5.26 Å². The number of allylic oxidation sites excluding steroid dienone is 2. The van der Waals surface area contributed by atoms with Crippen molar-refractivity contribution in [2.75, 3.05) is 0 Å². The molecule has 0 aliphatic carbocycles. The van der Waals surface area contributed by atoms with Gasteiger partial charge in [-0.15, -0.1) is 11.5 Å². The molecule has 0 fully saturated rings. The SMILES string of the molecule is CC(C)(N)C(C)(C)C[B]C1=CCB(C#N)CC1. The number of rotatable bonds is 4. The van der Waals surface area contributed by atoms with Gasteiger partial charge in [0.05, 0.1) is 0 Å². The standard InChI is InChI=1S/C13H23B2N2/c1-12(2,13(3,4)17)9-14-11-5-7-15(10-16)8-6-11/h5H,6-9,17H2,1-4H3. The molecule has 91 valence electrons. The molecule has 1 aliphatic rings. The molecule has 0 aromatic carbocycles. The van der Waals surface area contributed by atoms with E-state index < -0.39 is 0 Å². The first-order valence-corrected chi connectivity index (χ1v) is 6.47. The second-order valence-electron chi connectivity index (χ2n) is 6.39. The monoisotopic (exact) mass is 229 g/mol. The molecule has 4 heteroatoms. The Hall–Kier alpha value is -0.680. The number of nitrogens with two attached hydrogens (primary N) is 1. The number of hydrogen-bond acceptors (Lipinski definition) is 2. The molecule has 0 saturated heterocycles. The van der Waals surface area contributed by atoms with Crippen LogP contribution >= 0.6 is 0 Å². The number of nitrogens with zero attached hydrogens (tertiary/aromatic N) is 1. The Morgan fingerprint density at radius 3 is 2.53 bits per heavy atom. The third kappa shape index (κ3) is 3.92. The molecule has 2 nitrogen and oxygen atoms in total. The summed E-state index contributed by atoms with van der Waals surface area (Å²) in [5.74, 6) is 2.34. The van der Waals surface area contributed by atoms with Crippen LogP contribution in [0.2, 0.25) is 19.0 Å². The van der Waals surface area contributed by atoms with Gasteiger partial charge in [0.2, 0.25) is 0 Å². The Bertz CT molecular complexity index is 334. The van der Waals surface area contributed by atoms with Crippen LogP contribution in [0.4, 0.5) is 0 Å². The average Bonchev–Trinajstić information content (AvgIpc) is 2.25. The van der Waals surface area contributed by atoms with Gasteiger partial charge >= 0.3 is 0 Å². The van der Waals surface area contributed by atoms with Gasteiger partial charge in [0.25, 0.3) is 6.71 Å². The predicted octanol–water partition coefficient (Wildman–Crippen LogP) is 2.72. The second-order valence-corrected chi connectivity index (χ2v) is 6.39. The minimum atomic E-state index is -0.173. The van der Waals surface area contributed by atoms with Crippen molar-refractivity contribution >= 4 is 14.0 Å². The highest BCUT2D eigenvalue weighted by Gasteiger charge is 2.33. The van der Waals surface area contributed by atoms with Gasteiger partial charge < -0.3 is 5.73 Å². The first kappa shape index (κ1) is 14.4. The minimum Gasteiger partial charge on any atom is -0.325 e. The smallest absolute Gasteiger partial charge is 0.271 e. The van der Waals surface area contributed by atoms with E-state index in [1.54, 1.807) is 0 Å². The lowest BCUT2D eigenvalue weighted by Crippen LogP contribution is -2.47. The Balaban J connectivity index is 2.48. The molecule has 2 N–H and O–H groups in total. The molecule has 0 unspecified atom stereocenters. The molecule has 0 bridgehead atoms. The highest BCUT2D eigenvalue weighted by Crippen LogP contribution is 2.33. The summed E-state index contributed by atoms with van der Waals surface area (Å²) in [7, 11) is 2.31. The Labute approximate surface area is 107 Å². The summed E-state index contributed by atoms with van der Waals surface area (Å²) < 4.78 is 0. The van der Waals surface area contributed by atoms with Gasteiger partial charge in [-0.25, -0.2) is 5.26 Å². The van der Waals surface area contributed by atoms with Crippen molar-refractivity contribution in [1.82, 2.24) is 0 Å². The van der Waals surface area contributed by atoms with Crippen molar-refractivity contribution in [3.05, 3.63) is 11.5 Å². The number of hydrogen-bond donors (Lipinski definition) is 1. The molecule has 17 heavy (non-hydrogen) atoms. The van der Waals surface area contributed by atoms with E-state index in [9.17, 15) is 0 Å². The first-order chi connectivity index (χ1) is 7.76. The van der Waals surface area contributed by atoms with Crippen LogP contribution in [0.5, 0.6) is 0 Å². The zero-order chi connectivity index (χ0) is 13.1. The quantitative estimate of drug-likeness (QED) is 0.753. The molecule has 0 amide bonds. The number of nitriles is 1. The van der Waals surface area contributed by atoms with Gasteiger partial charge in [0, 0.05) is 11.5 Å². The topological polar surface area (TPSA) is 49.8 Å². The van der Waals surface area contributed by atoms with Crippen molar-refractivity contribution in [3.8, 4) is 5.97 Å².